The topological polar surface area (TPSA) is 25.0 Å². The predicted octanol–water partition coefficient (Wildman–Crippen LogP) is 3.43. The summed E-state index contributed by atoms with van der Waals surface area (Å²) in [6.45, 7) is 2.18. The average molecular weight is 221 g/mol. The SMILES string of the molecule is CCSCc1c[nH]c2c(OC)cccc12. The largest absolute Gasteiger partial charge is 0.495 e. The minimum absolute atomic E-state index is 0.917. The Morgan fingerprint density at radius 2 is 2.27 bits per heavy atom. The van der Waals surface area contributed by atoms with Crippen LogP contribution in [0.15, 0.2) is 24.4 Å². The van der Waals surface area contributed by atoms with Gasteiger partial charge in [-0.1, -0.05) is 19.1 Å². The van der Waals surface area contributed by atoms with Crippen LogP contribution in [0.4, 0.5) is 0 Å². The van der Waals surface area contributed by atoms with Gasteiger partial charge in [0.25, 0.3) is 0 Å². The summed E-state index contributed by atoms with van der Waals surface area (Å²) in [5.41, 5.74) is 2.46. The number of thioether (sulfide) groups is 1. The molecule has 1 aromatic carbocycles. The van der Waals surface area contributed by atoms with E-state index in [1.54, 1.807) is 7.11 Å². The lowest BCUT2D eigenvalue weighted by Crippen LogP contribution is -1.83. The maximum atomic E-state index is 5.31. The molecule has 80 valence electrons. The first-order valence-electron chi connectivity index (χ1n) is 5.07. The van der Waals surface area contributed by atoms with Gasteiger partial charge in [-0.25, -0.2) is 0 Å². The van der Waals surface area contributed by atoms with E-state index < -0.39 is 0 Å². The number of ether oxygens (including phenoxy) is 1. The van der Waals surface area contributed by atoms with Crippen molar-refractivity contribution in [3.8, 4) is 5.75 Å². The summed E-state index contributed by atoms with van der Waals surface area (Å²) in [6, 6.07) is 6.16. The Kier molecular flexibility index (Phi) is 3.21. The number of aromatic nitrogens is 1. The van der Waals surface area contributed by atoms with Crippen molar-refractivity contribution in [3.63, 3.8) is 0 Å². The van der Waals surface area contributed by atoms with Crippen molar-refractivity contribution in [2.45, 2.75) is 12.7 Å². The molecule has 0 spiro atoms. The summed E-state index contributed by atoms with van der Waals surface area (Å²) in [7, 11) is 1.70. The molecule has 0 unspecified atom stereocenters. The van der Waals surface area contributed by atoms with E-state index in [0.29, 0.717) is 0 Å². The summed E-state index contributed by atoms with van der Waals surface area (Å²) in [5, 5.41) is 1.27. The number of benzene rings is 1. The lowest BCUT2D eigenvalue weighted by molar-refractivity contribution is 0.419. The molecule has 1 heterocycles. The quantitative estimate of drug-likeness (QED) is 0.855. The fourth-order valence-electron chi connectivity index (χ4n) is 1.69. The van der Waals surface area contributed by atoms with E-state index in [9.17, 15) is 0 Å². The van der Waals surface area contributed by atoms with Crippen LogP contribution in [0.25, 0.3) is 10.9 Å². The van der Waals surface area contributed by atoms with Crippen LogP contribution in [0.1, 0.15) is 12.5 Å². The van der Waals surface area contributed by atoms with Crippen molar-refractivity contribution in [3.05, 3.63) is 30.0 Å². The minimum atomic E-state index is 0.917. The molecule has 2 nitrogen and oxygen atoms in total. The number of aromatic amines is 1. The molecule has 2 rings (SSSR count). The van der Waals surface area contributed by atoms with Crippen molar-refractivity contribution in [1.82, 2.24) is 4.98 Å². The monoisotopic (exact) mass is 221 g/mol. The molecule has 3 heteroatoms. The maximum absolute atomic E-state index is 5.31. The first kappa shape index (κ1) is 10.4. The molecule has 0 saturated heterocycles. The van der Waals surface area contributed by atoms with E-state index in [1.807, 2.05) is 23.9 Å². The molecule has 0 aliphatic heterocycles. The van der Waals surface area contributed by atoms with Crippen molar-refractivity contribution < 1.29 is 4.74 Å². The Bertz CT molecular complexity index is 450. The Hall–Kier alpha value is -1.09. The van der Waals surface area contributed by atoms with Crippen LogP contribution in [0.2, 0.25) is 0 Å². The normalized spacial score (nSPS) is 10.8. The highest BCUT2D eigenvalue weighted by molar-refractivity contribution is 7.98. The zero-order valence-corrected chi connectivity index (χ0v) is 9.86. The van der Waals surface area contributed by atoms with Crippen LogP contribution in [0.5, 0.6) is 5.75 Å². The molecule has 1 aromatic heterocycles. The molecule has 0 fully saturated rings. The summed E-state index contributed by atoms with van der Waals surface area (Å²) in [6.07, 6.45) is 2.08. The highest BCUT2D eigenvalue weighted by Crippen LogP contribution is 2.28. The Labute approximate surface area is 94.0 Å². The van der Waals surface area contributed by atoms with Gasteiger partial charge >= 0.3 is 0 Å². The summed E-state index contributed by atoms with van der Waals surface area (Å²) < 4.78 is 5.31. The van der Waals surface area contributed by atoms with Crippen LogP contribution in [-0.4, -0.2) is 17.8 Å². The van der Waals surface area contributed by atoms with Crippen molar-refractivity contribution in [2.75, 3.05) is 12.9 Å². The van der Waals surface area contributed by atoms with E-state index in [0.717, 1.165) is 22.8 Å². The van der Waals surface area contributed by atoms with Gasteiger partial charge in [-0.3, -0.25) is 0 Å². The molecule has 0 atom stereocenters. The lowest BCUT2D eigenvalue weighted by Gasteiger charge is -2.01. The van der Waals surface area contributed by atoms with E-state index in [4.69, 9.17) is 4.74 Å². The second-order valence-electron chi connectivity index (χ2n) is 3.33. The number of para-hydroxylation sites is 1. The zero-order chi connectivity index (χ0) is 10.7. The first-order chi connectivity index (χ1) is 7.36. The summed E-state index contributed by atoms with van der Waals surface area (Å²) in [4.78, 5) is 3.28. The number of nitrogens with one attached hydrogen (secondary N) is 1. The number of hydrogen-bond acceptors (Lipinski definition) is 2. The fraction of sp³-hybridized carbons (Fsp3) is 0.333. The average Bonchev–Trinajstić information content (AvgIpc) is 2.69. The van der Waals surface area contributed by atoms with Crippen LogP contribution in [-0.2, 0) is 5.75 Å². The molecule has 15 heavy (non-hydrogen) atoms. The zero-order valence-electron chi connectivity index (χ0n) is 9.04. The first-order valence-corrected chi connectivity index (χ1v) is 6.23. The van der Waals surface area contributed by atoms with Gasteiger partial charge in [0, 0.05) is 17.3 Å². The molecular weight excluding hydrogens is 206 g/mol. The third-order valence-electron chi connectivity index (χ3n) is 2.44. The standard InChI is InChI=1S/C12H15NOS/c1-3-15-8-9-7-13-12-10(9)5-4-6-11(12)14-2/h4-7,13H,3,8H2,1-2H3. The highest BCUT2D eigenvalue weighted by atomic mass is 32.2. The van der Waals surface area contributed by atoms with Crippen molar-refractivity contribution in [2.24, 2.45) is 0 Å². The fourth-order valence-corrected chi connectivity index (χ4v) is 2.35. The van der Waals surface area contributed by atoms with Crippen LogP contribution < -0.4 is 4.74 Å². The van der Waals surface area contributed by atoms with E-state index in [-0.39, 0.29) is 0 Å². The number of methoxy groups -OCH3 is 1. The van der Waals surface area contributed by atoms with Crippen LogP contribution in [0.3, 0.4) is 0 Å². The van der Waals surface area contributed by atoms with E-state index in [1.165, 1.54) is 10.9 Å². The number of hydrogen-bond donors (Lipinski definition) is 1. The molecule has 0 aliphatic rings. The van der Waals surface area contributed by atoms with Gasteiger partial charge in [-0.15, -0.1) is 0 Å². The van der Waals surface area contributed by atoms with Gasteiger partial charge in [0.15, 0.2) is 0 Å². The molecule has 0 amide bonds. The smallest absolute Gasteiger partial charge is 0.142 e. The second-order valence-corrected chi connectivity index (χ2v) is 4.61. The molecule has 0 radical (unpaired) electrons. The van der Waals surface area contributed by atoms with Crippen molar-refractivity contribution in [1.29, 1.82) is 0 Å². The predicted molar refractivity (Wildman–Crippen MR) is 66.7 cm³/mol. The number of fused-ring (bicyclic) bond motifs is 1. The Morgan fingerprint density at radius 3 is 3.00 bits per heavy atom. The van der Waals surface area contributed by atoms with Crippen molar-refractivity contribution >= 4 is 22.7 Å². The van der Waals surface area contributed by atoms with Gasteiger partial charge in [-0.05, 0) is 17.4 Å². The third kappa shape index (κ3) is 1.97. The Balaban J connectivity index is 2.42. The third-order valence-corrected chi connectivity index (χ3v) is 3.37. The van der Waals surface area contributed by atoms with Gasteiger partial charge in [0.05, 0.1) is 12.6 Å². The molecule has 1 N–H and O–H groups in total. The molecule has 2 aromatic rings. The van der Waals surface area contributed by atoms with Gasteiger partial charge in [0.1, 0.15) is 5.75 Å². The highest BCUT2D eigenvalue weighted by Gasteiger charge is 2.06. The van der Waals surface area contributed by atoms with Crippen LogP contribution in [0, 0.1) is 0 Å². The lowest BCUT2D eigenvalue weighted by atomic mass is 10.2. The minimum Gasteiger partial charge on any atom is -0.495 e. The molecule has 0 saturated carbocycles. The number of H-pyrrole nitrogens is 1. The van der Waals surface area contributed by atoms with Gasteiger partial charge in [0.2, 0.25) is 0 Å². The maximum Gasteiger partial charge on any atom is 0.142 e. The van der Waals surface area contributed by atoms with Gasteiger partial charge in [-0.2, -0.15) is 11.8 Å². The van der Waals surface area contributed by atoms with Gasteiger partial charge < -0.3 is 9.72 Å². The van der Waals surface area contributed by atoms with E-state index >= 15 is 0 Å². The molecular formula is C12H15NOS. The summed E-state index contributed by atoms with van der Waals surface area (Å²) >= 11 is 1.93. The molecule has 0 bridgehead atoms. The number of rotatable bonds is 4. The van der Waals surface area contributed by atoms with E-state index in [2.05, 4.69) is 24.2 Å². The second kappa shape index (κ2) is 4.62. The summed E-state index contributed by atoms with van der Waals surface area (Å²) in [5.74, 6) is 3.13. The molecule has 0 aliphatic carbocycles. The Morgan fingerprint density at radius 1 is 1.40 bits per heavy atom. The van der Waals surface area contributed by atoms with Crippen LogP contribution >= 0.6 is 11.8 Å².